The van der Waals surface area contributed by atoms with Crippen molar-refractivity contribution in [3.8, 4) is 0 Å². The van der Waals surface area contributed by atoms with E-state index in [0.29, 0.717) is 6.04 Å². The van der Waals surface area contributed by atoms with Crippen molar-refractivity contribution in [2.24, 2.45) is 0 Å². The summed E-state index contributed by atoms with van der Waals surface area (Å²) >= 11 is 0. The third-order valence-electron chi connectivity index (χ3n) is 3.46. The van der Waals surface area contributed by atoms with Crippen LogP contribution >= 0.6 is 0 Å². The molecule has 1 aromatic heterocycles. The average molecular weight is 284 g/mol. The molecule has 0 aliphatic rings. The highest BCUT2D eigenvalue weighted by Crippen LogP contribution is 2.13. The van der Waals surface area contributed by atoms with E-state index in [0.717, 1.165) is 30.4 Å². The summed E-state index contributed by atoms with van der Waals surface area (Å²) in [5.74, 6) is 1.74. The van der Waals surface area contributed by atoms with Crippen LogP contribution in [0, 0.1) is 6.92 Å². The smallest absolute Gasteiger partial charge is 0.144 e. The number of benzene rings is 1. The van der Waals surface area contributed by atoms with Crippen LogP contribution in [0.5, 0.6) is 0 Å². The van der Waals surface area contributed by atoms with Gasteiger partial charge in [0.25, 0.3) is 0 Å². The van der Waals surface area contributed by atoms with Crippen molar-refractivity contribution in [1.82, 2.24) is 14.9 Å². The van der Waals surface area contributed by atoms with Gasteiger partial charge in [0.2, 0.25) is 0 Å². The van der Waals surface area contributed by atoms with E-state index in [4.69, 9.17) is 0 Å². The van der Waals surface area contributed by atoms with Crippen LogP contribution in [0.4, 0.5) is 5.82 Å². The topological polar surface area (TPSA) is 41.1 Å². The van der Waals surface area contributed by atoms with Gasteiger partial charge in [-0.15, -0.1) is 0 Å². The number of nitrogens with zero attached hydrogens (tertiary/aromatic N) is 3. The summed E-state index contributed by atoms with van der Waals surface area (Å²) in [7, 11) is 1.88. The molecular formula is C17H24N4. The Morgan fingerprint density at radius 1 is 1.10 bits per heavy atom. The first-order valence-electron chi connectivity index (χ1n) is 7.38. The van der Waals surface area contributed by atoms with Crippen molar-refractivity contribution in [3.63, 3.8) is 0 Å². The van der Waals surface area contributed by atoms with Gasteiger partial charge in [-0.05, 0) is 26.3 Å². The van der Waals surface area contributed by atoms with Gasteiger partial charge in [-0.1, -0.05) is 30.3 Å². The lowest BCUT2D eigenvalue weighted by atomic mass is 10.2. The molecule has 4 heteroatoms. The number of aryl methyl sites for hydroxylation is 1. The first-order valence-corrected chi connectivity index (χ1v) is 7.38. The van der Waals surface area contributed by atoms with Gasteiger partial charge in [0.05, 0.1) is 6.54 Å². The van der Waals surface area contributed by atoms with E-state index in [-0.39, 0.29) is 0 Å². The van der Waals surface area contributed by atoms with Crippen LogP contribution in [-0.4, -0.2) is 28.0 Å². The number of hydrogen-bond acceptors (Lipinski definition) is 4. The van der Waals surface area contributed by atoms with Crippen molar-refractivity contribution < 1.29 is 0 Å². The molecule has 1 heterocycles. The third kappa shape index (κ3) is 4.53. The summed E-state index contributed by atoms with van der Waals surface area (Å²) in [4.78, 5) is 11.5. The van der Waals surface area contributed by atoms with Gasteiger partial charge in [0.15, 0.2) is 0 Å². The van der Waals surface area contributed by atoms with Crippen LogP contribution < -0.4 is 5.32 Å². The molecular weight excluding hydrogens is 260 g/mol. The second kappa shape index (κ2) is 7.18. The fraction of sp³-hybridized carbons (Fsp3) is 0.412. The second-order valence-corrected chi connectivity index (χ2v) is 5.55. The molecule has 0 fully saturated rings. The molecule has 0 atom stereocenters. The summed E-state index contributed by atoms with van der Waals surface area (Å²) in [6, 6.07) is 12.9. The van der Waals surface area contributed by atoms with E-state index < -0.39 is 0 Å². The lowest BCUT2D eigenvalue weighted by Gasteiger charge is -2.26. The van der Waals surface area contributed by atoms with Gasteiger partial charge in [-0.2, -0.15) is 0 Å². The number of rotatable bonds is 6. The molecule has 0 unspecified atom stereocenters. The highest BCUT2D eigenvalue weighted by Gasteiger charge is 2.13. The second-order valence-electron chi connectivity index (χ2n) is 5.55. The molecule has 0 saturated carbocycles. The molecule has 0 amide bonds. The van der Waals surface area contributed by atoms with E-state index >= 15 is 0 Å². The molecule has 2 rings (SSSR count). The highest BCUT2D eigenvalue weighted by molar-refractivity contribution is 5.34. The van der Waals surface area contributed by atoms with E-state index in [1.54, 1.807) is 0 Å². The summed E-state index contributed by atoms with van der Waals surface area (Å²) in [5.41, 5.74) is 2.31. The Morgan fingerprint density at radius 3 is 2.43 bits per heavy atom. The summed E-state index contributed by atoms with van der Waals surface area (Å²) in [6.07, 6.45) is 0. The number of aromatic nitrogens is 2. The zero-order valence-corrected chi connectivity index (χ0v) is 13.3. The molecule has 1 N–H and O–H groups in total. The van der Waals surface area contributed by atoms with Gasteiger partial charge in [0.1, 0.15) is 11.6 Å². The molecule has 0 aliphatic heterocycles. The Labute approximate surface area is 127 Å². The number of hydrogen-bond donors (Lipinski definition) is 1. The molecule has 0 spiro atoms. The minimum absolute atomic E-state index is 0.437. The fourth-order valence-electron chi connectivity index (χ4n) is 2.25. The predicted octanol–water partition coefficient (Wildman–Crippen LogP) is 3.24. The molecule has 112 valence electrons. The predicted molar refractivity (Wildman–Crippen MR) is 87.1 cm³/mol. The first kappa shape index (κ1) is 15.4. The molecule has 0 radical (unpaired) electrons. The Hall–Kier alpha value is -1.94. The number of nitrogens with one attached hydrogen (secondary N) is 1. The lowest BCUT2D eigenvalue weighted by molar-refractivity contribution is 0.198. The lowest BCUT2D eigenvalue weighted by Crippen LogP contribution is -2.30. The summed E-state index contributed by atoms with van der Waals surface area (Å²) in [5, 5.41) is 3.09. The summed E-state index contributed by atoms with van der Waals surface area (Å²) in [6.45, 7) is 8.08. The molecule has 1 aromatic carbocycles. The largest absolute Gasteiger partial charge is 0.373 e. The standard InChI is InChI=1S/C17H24N4/c1-13(2)21(11-15-8-6-5-7-9-15)12-17-19-14(3)10-16(18-4)20-17/h5-10,13H,11-12H2,1-4H3,(H,18,19,20). The van der Waals surface area contributed by atoms with Crippen LogP contribution in [-0.2, 0) is 13.1 Å². The van der Waals surface area contributed by atoms with Crippen LogP contribution in [0.2, 0.25) is 0 Å². The molecule has 4 nitrogen and oxygen atoms in total. The van der Waals surface area contributed by atoms with Gasteiger partial charge >= 0.3 is 0 Å². The van der Waals surface area contributed by atoms with E-state index in [9.17, 15) is 0 Å². The van der Waals surface area contributed by atoms with Gasteiger partial charge in [-0.3, -0.25) is 4.90 Å². The Kier molecular flexibility index (Phi) is 5.28. The average Bonchev–Trinajstić information content (AvgIpc) is 2.47. The van der Waals surface area contributed by atoms with Gasteiger partial charge in [-0.25, -0.2) is 9.97 Å². The third-order valence-corrected chi connectivity index (χ3v) is 3.46. The first-order chi connectivity index (χ1) is 10.1. The molecule has 2 aromatic rings. The van der Waals surface area contributed by atoms with E-state index in [2.05, 4.69) is 58.3 Å². The van der Waals surface area contributed by atoms with Crippen molar-refractivity contribution in [2.75, 3.05) is 12.4 Å². The van der Waals surface area contributed by atoms with Crippen LogP contribution in [0.25, 0.3) is 0 Å². The minimum atomic E-state index is 0.437. The molecule has 21 heavy (non-hydrogen) atoms. The maximum absolute atomic E-state index is 4.55. The Morgan fingerprint density at radius 2 is 1.81 bits per heavy atom. The van der Waals surface area contributed by atoms with Crippen molar-refractivity contribution >= 4 is 5.82 Å². The Bertz CT molecular complexity index is 566. The van der Waals surface area contributed by atoms with Crippen LogP contribution in [0.1, 0.15) is 30.9 Å². The maximum Gasteiger partial charge on any atom is 0.144 e. The zero-order chi connectivity index (χ0) is 15.2. The SMILES string of the molecule is CNc1cc(C)nc(CN(Cc2ccccc2)C(C)C)n1. The zero-order valence-electron chi connectivity index (χ0n) is 13.3. The minimum Gasteiger partial charge on any atom is -0.373 e. The van der Waals surface area contributed by atoms with Crippen LogP contribution in [0.3, 0.4) is 0 Å². The maximum atomic E-state index is 4.55. The van der Waals surface area contributed by atoms with Crippen molar-refractivity contribution in [1.29, 1.82) is 0 Å². The Balaban J connectivity index is 2.14. The van der Waals surface area contributed by atoms with E-state index in [1.165, 1.54) is 5.56 Å². The van der Waals surface area contributed by atoms with Crippen LogP contribution in [0.15, 0.2) is 36.4 Å². The van der Waals surface area contributed by atoms with Crippen molar-refractivity contribution in [3.05, 3.63) is 53.5 Å². The normalized spacial score (nSPS) is 11.1. The molecule has 0 bridgehead atoms. The summed E-state index contributed by atoms with van der Waals surface area (Å²) < 4.78 is 0. The van der Waals surface area contributed by atoms with E-state index in [1.807, 2.05) is 26.1 Å². The molecule has 0 saturated heterocycles. The quantitative estimate of drug-likeness (QED) is 0.884. The fourth-order valence-corrected chi connectivity index (χ4v) is 2.25. The van der Waals surface area contributed by atoms with Crippen molar-refractivity contribution in [2.45, 2.75) is 39.9 Å². The number of anilines is 1. The monoisotopic (exact) mass is 284 g/mol. The van der Waals surface area contributed by atoms with Gasteiger partial charge in [0, 0.05) is 31.4 Å². The molecule has 0 aliphatic carbocycles. The van der Waals surface area contributed by atoms with Gasteiger partial charge < -0.3 is 5.32 Å². The highest BCUT2D eigenvalue weighted by atomic mass is 15.2.